The van der Waals surface area contributed by atoms with Crippen LogP contribution in [0.5, 0.6) is 0 Å². The van der Waals surface area contributed by atoms with Gasteiger partial charge < -0.3 is 21.7 Å². The van der Waals surface area contributed by atoms with Crippen LogP contribution in [-0.2, 0) is 4.79 Å². The van der Waals surface area contributed by atoms with Crippen LogP contribution in [0.2, 0.25) is 0 Å². The summed E-state index contributed by atoms with van der Waals surface area (Å²) >= 11 is 0.971. The van der Waals surface area contributed by atoms with E-state index in [0.717, 1.165) is 11.8 Å². The van der Waals surface area contributed by atoms with E-state index < -0.39 is 11.6 Å². The van der Waals surface area contributed by atoms with Gasteiger partial charge >= 0.3 is 5.97 Å². The van der Waals surface area contributed by atoms with E-state index in [1.165, 1.54) is 13.0 Å². The number of nitrogens with two attached hydrogens (primary N) is 2. The van der Waals surface area contributed by atoms with Crippen LogP contribution >= 0.6 is 11.8 Å². The molecule has 0 aromatic carbocycles. The third-order valence-corrected chi connectivity index (χ3v) is 2.84. The van der Waals surface area contributed by atoms with Gasteiger partial charge in [-0.2, -0.15) is 0 Å². The van der Waals surface area contributed by atoms with E-state index >= 15 is 0 Å². The molecule has 0 aliphatic rings. The second kappa shape index (κ2) is 4.54. The lowest BCUT2D eigenvalue weighted by Gasteiger charge is -2.16. The van der Waals surface area contributed by atoms with Crippen molar-refractivity contribution in [2.45, 2.75) is 17.7 Å². The van der Waals surface area contributed by atoms with E-state index in [1.807, 2.05) is 0 Å². The number of nitrogens with zero attached hydrogens (tertiary/aromatic N) is 2. The Bertz CT molecular complexity index is 390. The fourth-order valence-corrected chi connectivity index (χ4v) is 1.67. The quantitative estimate of drug-likeness (QED) is 0.414. The Kier molecular flexibility index (Phi) is 3.55. The predicted octanol–water partition coefficient (Wildman–Crippen LogP) is -0.431. The van der Waals surface area contributed by atoms with Crippen molar-refractivity contribution in [3.05, 3.63) is 6.07 Å². The first-order chi connectivity index (χ1) is 7.31. The van der Waals surface area contributed by atoms with Gasteiger partial charge in [0, 0.05) is 11.8 Å². The van der Waals surface area contributed by atoms with Crippen molar-refractivity contribution in [3.63, 3.8) is 0 Å². The van der Waals surface area contributed by atoms with Crippen molar-refractivity contribution in [2.24, 2.45) is 0 Å². The molecule has 1 heterocycles. The van der Waals surface area contributed by atoms with Crippen LogP contribution < -0.4 is 11.5 Å². The number of anilines is 2. The number of carbonyl (C=O) groups is 1. The van der Waals surface area contributed by atoms with Crippen molar-refractivity contribution >= 4 is 29.4 Å². The summed E-state index contributed by atoms with van der Waals surface area (Å²) in [4.78, 5) is 18.3. The molecule has 0 fully saturated rings. The molecule has 0 amide bonds. The monoisotopic (exact) mass is 244 g/mol. The van der Waals surface area contributed by atoms with Gasteiger partial charge in [-0.15, -0.1) is 0 Å². The highest BCUT2D eigenvalue weighted by molar-refractivity contribution is 7.99. The van der Waals surface area contributed by atoms with Gasteiger partial charge in [-0.25, -0.2) is 14.8 Å². The maximum absolute atomic E-state index is 10.6. The zero-order chi connectivity index (χ0) is 12.3. The first-order valence-corrected chi connectivity index (χ1v) is 5.28. The molecule has 0 radical (unpaired) electrons. The molecule has 8 heteroatoms. The van der Waals surface area contributed by atoms with E-state index in [-0.39, 0.29) is 22.5 Å². The van der Waals surface area contributed by atoms with E-state index in [2.05, 4.69) is 9.97 Å². The van der Waals surface area contributed by atoms with Crippen molar-refractivity contribution in [1.82, 2.24) is 9.97 Å². The summed E-state index contributed by atoms with van der Waals surface area (Å²) in [5.74, 6) is -1.00. The number of aromatic nitrogens is 2. The number of thioether (sulfide) groups is 1. The van der Waals surface area contributed by atoms with Gasteiger partial charge in [0.25, 0.3) is 0 Å². The molecule has 1 atom stereocenters. The summed E-state index contributed by atoms with van der Waals surface area (Å²) < 4.78 is 0. The average molecular weight is 244 g/mol. The Hall–Kier alpha value is -1.54. The van der Waals surface area contributed by atoms with Gasteiger partial charge in [0.05, 0.1) is 0 Å². The third kappa shape index (κ3) is 3.24. The normalized spacial score (nSPS) is 14.4. The molecular formula is C8H12N4O3S. The lowest BCUT2D eigenvalue weighted by atomic mass is 10.1. The van der Waals surface area contributed by atoms with E-state index in [9.17, 15) is 9.90 Å². The predicted molar refractivity (Wildman–Crippen MR) is 59.8 cm³/mol. The van der Waals surface area contributed by atoms with Gasteiger partial charge in [-0.3, -0.25) is 0 Å². The maximum atomic E-state index is 10.6. The highest BCUT2D eigenvalue weighted by atomic mass is 32.2. The minimum atomic E-state index is -1.84. The first kappa shape index (κ1) is 12.5. The van der Waals surface area contributed by atoms with Gasteiger partial charge in [-0.05, 0) is 6.92 Å². The van der Waals surface area contributed by atoms with Crippen molar-refractivity contribution in [1.29, 1.82) is 0 Å². The number of hydrogen-bond acceptors (Lipinski definition) is 7. The summed E-state index contributed by atoms with van der Waals surface area (Å²) in [6.45, 7) is 1.19. The van der Waals surface area contributed by atoms with Crippen LogP contribution in [0, 0.1) is 0 Å². The number of aliphatic carboxylic acids is 1. The smallest absolute Gasteiger partial charge is 0.336 e. The largest absolute Gasteiger partial charge is 0.479 e. The van der Waals surface area contributed by atoms with Gasteiger partial charge in [0.1, 0.15) is 11.6 Å². The van der Waals surface area contributed by atoms with Gasteiger partial charge in [0.15, 0.2) is 10.8 Å². The standard InChI is InChI=1S/C8H12N4O3S/c1-8(15,6(13)14)3-16-7-11-4(9)2-5(10)12-7/h2,15H,3H2,1H3,(H,13,14)(H4,9,10,11,12). The summed E-state index contributed by atoms with van der Waals surface area (Å²) in [6.07, 6.45) is 0. The van der Waals surface area contributed by atoms with Gasteiger partial charge in [-0.1, -0.05) is 11.8 Å². The topological polar surface area (TPSA) is 135 Å². The average Bonchev–Trinajstić information content (AvgIpc) is 2.13. The molecule has 0 saturated carbocycles. The first-order valence-electron chi connectivity index (χ1n) is 4.30. The molecule has 88 valence electrons. The number of rotatable bonds is 4. The van der Waals surface area contributed by atoms with Crippen molar-refractivity contribution in [3.8, 4) is 0 Å². The van der Waals surface area contributed by atoms with Crippen LogP contribution in [0.25, 0.3) is 0 Å². The molecule has 0 saturated heterocycles. The molecule has 16 heavy (non-hydrogen) atoms. The zero-order valence-electron chi connectivity index (χ0n) is 8.54. The molecule has 7 nitrogen and oxygen atoms in total. The Morgan fingerprint density at radius 1 is 1.50 bits per heavy atom. The molecule has 6 N–H and O–H groups in total. The fourth-order valence-electron chi connectivity index (χ4n) is 0.793. The SMILES string of the molecule is CC(O)(CSc1nc(N)cc(N)n1)C(=O)O. The minimum absolute atomic E-state index is 0.0920. The van der Waals surface area contributed by atoms with Crippen LogP contribution in [-0.4, -0.2) is 37.5 Å². The highest BCUT2D eigenvalue weighted by Crippen LogP contribution is 2.21. The second-order valence-electron chi connectivity index (χ2n) is 3.37. The molecule has 0 aliphatic heterocycles. The summed E-state index contributed by atoms with van der Waals surface area (Å²) in [5, 5.41) is 18.4. The molecular weight excluding hydrogens is 232 g/mol. The molecule has 1 unspecified atom stereocenters. The third-order valence-electron chi connectivity index (χ3n) is 1.69. The second-order valence-corrected chi connectivity index (χ2v) is 4.31. The summed E-state index contributed by atoms with van der Waals surface area (Å²) in [7, 11) is 0. The molecule has 1 aromatic rings. The van der Waals surface area contributed by atoms with Crippen molar-refractivity contribution < 1.29 is 15.0 Å². The molecule has 0 bridgehead atoms. The molecule has 1 rings (SSSR count). The van der Waals surface area contributed by atoms with Crippen LogP contribution in [0.1, 0.15) is 6.92 Å². The fraction of sp³-hybridized carbons (Fsp3) is 0.375. The Morgan fingerprint density at radius 2 is 2.00 bits per heavy atom. The number of nitrogen functional groups attached to an aromatic ring is 2. The molecule has 0 spiro atoms. The summed E-state index contributed by atoms with van der Waals surface area (Å²) in [6, 6.07) is 1.39. The zero-order valence-corrected chi connectivity index (χ0v) is 9.36. The highest BCUT2D eigenvalue weighted by Gasteiger charge is 2.30. The number of hydrogen-bond donors (Lipinski definition) is 4. The number of aliphatic hydroxyl groups is 1. The van der Waals surface area contributed by atoms with Gasteiger partial charge in [0.2, 0.25) is 0 Å². The van der Waals surface area contributed by atoms with Crippen LogP contribution in [0.3, 0.4) is 0 Å². The van der Waals surface area contributed by atoms with E-state index in [4.69, 9.17) is 16.6 Å². The molecule has 1 aromatic heterocycles. The minimum Gasteiger partial charge on any atom is -0.479 e. The Morgan fingerprint density at radius 3 is 2.44 bits per heavy atom. The van der Waals surface area contributed by atoms with Crippen LogP contribution in [0.4, 0.5) is 11.6 Å². The van der Waals surface area contributed by atoms with Crippen molar-refractivity contribution in [2.75, 3.05) is 17.2 Å². The summed E-state index contributed by atoms with van der Waals surface area (Å²) in [5.41, 5.74) is 9.03. The molecule has 0 aliphatic carbocycles. The Balaban J connectivity index is 2.71. The Labute approximate surface area is 95.9 Å². The lowest BCUT2D eigenvalue weighted by Crippen LogP contribution is -2.37. The lowest BCUT2D eigenvalue weighted by molar-refractivity contribution is -0.154. The van der Waals surface area contributed by atoms with E-state index in [0.29, 0.717) is 0 Å². The number of carboxylic acid groups (broad SMARTS) is 1. The maximum Gasteiger partial charge on any atom is 0.336 e. The van der Waals surface area contributed by atoms with E-state index in [1.54, 1.807) is 0 Å². The van der Waals surface area contributed by atoms with Crippen LogP contribution in [0.15, 0.2) is 11.2 Å². The number of carboxylic acids is 1.